The Kier molecular flexibility index (Phi) is 7.54. The van der Waals surface area contributed by atoms with Crippen molar-refractivity contribution in [3.05, 3.63) is 100 Å². The van der Waals surface area contributed by atoms with Crippen molar-refractivity contribution in [2.24, 2.45) is 0 Å². The first kappa shape index (κ1) is 25.7. The van der Waals surface area contributed by atoms with E-state index in [1.807, 2.05) is 89.1 Å². The van der Waals surface area contributed by atoms with Crippen molar-refractivity contribution >= 4 is 39.2 Å². The van der Waals surface area contributed by atoms with Gasteiger partial charge in [0.15, 0.2) is 11.0 Å². The number of aryl methyl sites for hydroxylation is 2. The summed E-state index contributed by atoms with van der Waals surface area (Å²) in [5.74, 6) is -0.224. The van der Waals surface area contributed by atoms with E-state index in [-0.39, 0.29) is 5.97 Å². The number of thiophene rings is 1. The molecule has 7 heteroatoms. The van der Waals surface area contributed by atoms with Gasteiger partial charge in [0.05, 0.1) is 23.2 Å². The number of methoxy groups -OCH3 is 1. The Hall–Kier alpha value is -3.99. The maximum Gasteiger partial charge on any atom is 0.305 e. The van der Waals surface area contributed by atoms with E-state index in [2.05, 4.69) is 12.1 Å². The molecule has 5 nitrogen and oxygen atoms in total. The lowest BCUT2D eigenvalue weighted by Crippen LogP contribution is -2.07. The molecular weight excluding hydrogens is 512 g/mol. The molecule has 0 spiro atoms. The highest BCUT2D eigenvalue weighted by Crippen LogP contribution is 2.44. The van der Waals surface area contributed by atoms with Crippen LogP contribution in [0.4, 0.5) is 0 Å². The molecule has 1 atom stereocenters. The molecule has 0 amide bonds. The van der Waals surface area contributed by atoms with E-state index < -0.39 is 11.0 Å². The molecule has 0 aliphatic rings. The fourth-order valence-electron chi connectivity index (χ4n) is 4.68. The van der Waals surface area contributed by atoms with Crippen molar-refractivity contribution in [2.75, 3.05) is 7.11 Å². The van der Waals surface area contributed by atoms with Crippen molar-refractivity contribution < 1.29 is 13.7 Å². The van der Waals surface area contributed by atoms with Gasteiger partial charge in [-0.1, -0.05) is 54.1 Å². The molecule has 2 aromatic heterocycles. The van der Waals surface area contributed by atoms with Crippen LogP contribution in [0.5, 0.6) is 0 Å². The van der Waals surface area contributed by atoms with E-state index in [1.165, 1.54) is 18.4 Å². The number of fused-ring (bicyclic) bond motifs is 1. The molecule has 3 aromatic carbocycles. The number of carbonyl (C=O) groups excluding carboxylic acids is 1. The number of aromatic nitrogens is 1. The molecule has 0 aliphatic heterocycles. The van der Waals surface area contributed by atoms with E-state index in [0.29, 0.717) is 29.0 Å². The summed E-state index contributed by atoms with van der Waals surface area (Å²) in [4.78, 5) is 12.9. The molecule has 0 fully saturated rings. The van der Waals surface area contributed by atoms with Crippen LogP contribution >= 0.6 is 11.3 Å². The second-order valence-corrected chi connectivity index (χ2v) is 11.3. The molecule has 0 N–H and O–H groups in total. The highest BCUT2D eigenvalue weighted by Gasteiger charge is 2.26. The summed E-state index contributed by atoms with van der Waals surface area (Å²) in [6.07, 6.45) is 1.73. The van der Waals surface area contributed by atoms with Gasteiger partial charge in [0.25, 0.3) is 0 Å². The van der Waals surface area contributed by atoms with Gasteiger partial charge in [-0.25, -0.2) is 4.21 Å². The number of ether oxygens (including phenoxy) is 1. The minimum Gasteiger partial charge on any atom is -0.469 e. The third-order valence-corrected chi connectivity index (χ3v) is 8.74. The lowest BCUT2D eigenvalue weighted by atomic mass is 9.97. The Labute approximate surface area is 228 Å². The minimum atomic E-state index is -1.53. The summed E-state index contributed by atoms with van der Waals surface area (Å²) >= 11 is 1.40. The number of benzene rings is 3. The van der Waals surface area contributed by atoms with Crippen LogP contribution in [0.3, 0.4) is 0 Å². The zero-order valence-corrected chi connectivity index (χ0v) is 22.8. The molecule has 0 saturated heterocycles. The molecule has 38 heavy (non-hydrogen) atoms. The van der Waals surface area contributed by atoms with Gasteiger partial charge in [0.2, 0.25) is 0 Å². The molecule has 5 rings (SSSR count). The molecular formula is C31H26N2O3S2. The van der Waals surface area contributed by atoms with E-state index in [0.717, 1.165) is 44.4 Å². The molecule has 2 heterocycles. The average Bonchev–Trinajstić information content (AvgIpc) is 3.55. The topological polar surface area (TPSA) is 72.1 Å². The molecule has 1 unspecified atom stereocenters. The highest BCUT2D eigenvalue weighted by atomic mass is 32.2. The number of para-hydroxylation sites is 1. The SMILES string of the molecule is COC(=O)CCCc1cccc(-c2c(-c3ccsc3C#N)c3ccccc3n2S(=O)c2ccc(C)cc2)c1. The van der Waals surface area contributed by atoms with Gasteiger partial charge in [-0.05, 0) is 61.0 Å². The van der Waals surface area contributed by atoms with Gasteiger partial charge in [-0.2, -0.15) is 5.26 Å². The summed E-state index contributed by atoms with van der Waals surface area (Å²) in [7, 11) is -0.134. The lowest BCUT2D eigenvalue weighted by Gasteiger charge is -2.14. The Morgan fingerprint density at radius 2 is 1.84 bits per heavy atom. The molecule has 0 aliphatic carbocycles. The van der Waals surface area contributed by atoms with E-state index in [1.54, 1.807) is 0 Å². The van der Waals surface area contributed by atoms with Gasteiger partial charge >= 0.3 is 5.97 Å². The van der Waals surface area contributed by atoms with Crippen LogP contribution in [-0.2, 0) is 26.9 Å². The normalized spacial score (nSPS) is 11.8. The van der Waals surface area contributed by atoms with Crippen LogP contribution in [0.15, 0.2) is 89.1 Å². The molecule has 0 radical (unpaired) electrons. The standard InChI is InChI=1S/C31H26N2O3S2/c1-21-13-15-24(16-14-21)38(35)33-27-11-4-3-10-25(27)30(26-17-18-37-28(26)20-32)31(33)23-9-5-7-22(19-23)8-6-12-29(34)36-2/h3-5,7,9-11,13-19H,6,8,12H2,1-2H3. The van der Waals surface area contributed by atoms with Gasteiger partial charge in [-0.15, -0.1) is 11.3 Å². The first-order valence-corrected chi connectivity index (χ1v) is 14.3. The maximum atomic E-state index is 14.2. The van der Waals surface area contributed by atoms with Crippen LogP contribution < -0.4 is 0 Å². The first-order valence-electron chi connectivity index (χ1n) is 12.3. The van der Waals surface area contributed by atoms with Gasteiger partial charge in [0, 0.05) is 28.5 Å². The zero-order valence-electron chi connectivity index (χ0n) is 21.1. The predicted octanol–water partition coefficient (Wildman–Crippen LogP) is 7.28. The first-order chi connectivity index (χ1) is 18.5. The van der Waals surface area contributed by atoms with Crippen molar-refractivity contribution in [3.63, 3.8) is 0 Å². The Morgan fingerprint density at radius 1 is 1.05 bits per heavy atom. The Morgan fingerprint density at radius 3 is 2.61 bits per heavy atom. The molecule has 0 bridgehead atoms. The third-order valence-electron chi connectivity index (χ3n) is 6.53. The fourth-order valence-corrected chi connectivity index (χ4v) is 6.65. The van der Waals surface area contributed by atoms with Crippen LogP contribution in [0, 0.1) is 18.3 Å². The largest absolute Gasteiger partial charge is 0.469 e. The Balaban J connectivity index is 1.75. The molecule has 5 aromatic rings. The summed E-state index contributed by atoms with van der Waals surface area (Å²) in [5, 5.41) is 12.7. The fraction of sp³-hybridized carbons (Fsp3) is 0.161. The van der Waals surface area contributed by atoms with Crippen LogP contribution in [-0.4, -0.2) is 21.3 Å². The highest BCUT2D eigenvalue weighted by molar-refractivity contribution is 7.83. The second-order valence-electron chi connectivity index (χ2n) is 9.00. The van der Waals surface area contributed by atoms with Crippen molar-refractivity contribution in [1.29, 1.82) is 5.26 Å². The smallest absolute Gasteiger partial charge is 0.305 e. The number of nitriles is 1. The minimum absolute atomic E-state index is 0.224. The number of carbonyl (C=O) groups is 1. The van der Waals surface area contributed by atoms with Crippen molar-refractivity contribution in [2.45, 2.75) is 31.1 Å². The summed E-state index contributed by atoms with van der Waals surface area (Å²) in [6.45, 7) is 2.01. The quantitative estimate of drug-likeness (QED) is 0.195. The average molecular weight is 539 g/mol. The summed E-state index contributed by atoms with van der Waals surface area (Å²) in [5.41, 5.74) is 6.44. The lowest BCUT2D eigenvalue weighted by molar-refractivity contribution is -0.140. The molecule has 0 saturated carbocycles. The van der Waals surface area contributed by atoms with Crippen molar-refractivity contribution in [3.8, 4) is 28.5 Å². The van der Waals surface area contributed by atoms with E-state index in [9.17, 15) is 14.3 Å². The number of hydrogen-bond donors (Lipinski definition) is 0. The zero-order chi connectivity index (χ0) is 26.6. The third kappa shape index (κ3) is 4.93. The van der Waals surface area contributed by atoms with Gasteiger partial charge in [-0.3, -0.25) is 8.77 Å². The maximum absolute atomic E-state index is 14.2. The number of hydrogen-bond acceptors (Lipinski definition) is 5. The van der Waals surface area contributed by atoms with Gasteiger partial charge in [0.1, 0.15) is 10.9 Å². The summed E-state index contributed by atoms with van der Waals surface area (Å²) < 4.78 is 20.9. The van der Waals surface area contributed by atoms with Gasteiger partial charge < -0.3 is 4.74 Å². The van der Waals surface area contributed by atoms with Crippen LogP contribution in [0.2, 0.25) is 0 Å². The number of esters is 1. The second kappa shape index (κ2) is 11.2. The molecule has 190 valence electrons. The summed E-state index contributed by atoms with van der Waals surface area (Å²) in [6, 6.07) is 28.1. The van der Waals surface area contributed by atoms with Crippen molar-refractivity contribution in [1.82, 2.24) is 3.97 Å². The van der Waals surface area contributed by atoms with Crippen LogP contribution in [0.1, 0.15) is 28.8 Å². The Bertz CT molecular complexity index is 1690. The number of rotatable bonds is 8. The predicted molar refractivity (Wildman–Crippen MR) is 153 cm³/mol. The van der Waals surface area contributed by atoms with E-state index in [4.69, 9.17) is 4.74 Å². The van der Waals surface area contributed by atoms with Crippen LogP contribution in [0.25, 0.3) is 33.3 Å². The number of nitrogens with zero attached hydrogens (tertiary/aromatic N) is 2. The monoisotopic (exact) mass is 538 g/mol. The van der Waals surface area contributed by atoms with E-state index >= 15 is 0 Å².